The second-order valence-corrected chi connectivity index (χ2v) is 5.25. The van der Waals surface area contributed by atoms with Crippen molar-refractivity contribution in [2.24, 2.45) is 4.99 Å². The summed E-state index contributed by atoms with van der Waals surface area (Å²) in [5.74, 6) is 0. The van der Waals surface area contributed by atoms with E-state index in [1.807, 2.05) is 43.4 Å². The molecule has 0 unspecified atom stereocenters. The summed E-state index contributed by atoms with van der Waals surface area (Å²) < 4.78 is 0. The van der Waals surface area contributed by atoms with E-state index in [0.29, 0.717) is 11.6 Å². The van der Waals surface area contributed by atoms with Gasteiger partial charge in [-0.2, -0.15) is 0 Å². The fraction of sp³-hybridized carbons (Fsp3) is 0.118. The van der Waals surface area contributed by atoms with Gasteiger partial charge in [-0.1, -0.05) is 48.5 Å². The second kappa shape index (κ2) is 5.14. The summed E-state index contributed by atoms with van der Waals surface area (Å²) in [5, 5.41) is 0.716. The van der Waals surface area contributed by atoms with Crippen LogP contribution in [0.2, 0.25) is 5.02 Å². The highest BCUT2D eigenvalue weighted by Crippen LogP contribution is 2.30. The molecule has 0 atom stereocenters. The summed E-state index contributed by atoms with van der Waals surface area (Å²) in [6, 6.07) is 16.1. The summed E-state index contributed by atoms with van der Waals surface area (Å²) >= 11 is 6.17. The van der Waals surface area contributed by atoms with Crippen LogP contribution < -0.4 is 4.90 Å². The molecular formula is C17H15ClN2. The quantitative estimate of drug-likeness (QED) is 0.767. The molecule has 100 valence electrons. The Morgan fingerprint density at radius 1 is 1.15 bits per heavy atom. The third-order valence-electron chi connectivity index (χ3n) is 3.52. The van der Waals surface area contributed by atoms with Gasteiger partial charge in [-0.25, -0.2) is 0 Å². The normalized spacial score (nSPS) is 14.6. The number of benzodiazepines with no additional fused rings is 1. The first kappa shape index (κ1) is 12.9. The van der Waals surface area contributed by atoms with Gasteiger partial charge in [-0.15, -0.1) is 0 Å². The van der Waals surface area contributed by atoms with Crippen LogP contribution in [-0.4, -0.2) is 19.3 Å². The molecule has 0 aliphatic carbocycles. The van der Waals surface area contributed by atoms with Crippen LogP contribution in [0, 0.1) is 0 Å². The fourth-order valence-electron chi connectivity index (χ4n) is 2.37. The SMILES string of the molecule is C=C1CN=C(c2ccccc2)c2cc(Cl)ccc2N1C. The van der Waals surface area contributed by atoms with Crippen LogP contribution in [0.3, 0.4) is 0 Å². The maximum Gasteiger partial charge on any atom is 0.0793 e. The first-order valence-corrected chi connectivity index (χ1v) is 6.86. The van der Waals surface area contributed by atoms with E-state index in [-0.39, 0.29) is 0 Å². The van der Waals surface area contributed by atoms with Gasteiger partial charge in [-0.3, -0.25) is 4.99 Å². The smallest absolute Gasteiger partial charge is 0.0793 e. The molecule has 2 aromatic carbocycles. The molecule has 1 heterocycles. The van der Waals surface area contributed by atoms with Gasteiger partial charge in [0.1, 0.15) is 0 Å². The van der Waals surface area contributed by atoms with E-state index >= 15 is 0 Å². The number of aliphatic imine (C=N–C) groups is 1. The number of rotatable bonds is 1. The van der Waals surface area contributed by atoms with E-state index in [4.69, 9.17) is 16.6 Å². The molecule has 0 saturated heterocycles. The van der Waals surface area contributed by atoms with Crippen molar-refractivity contribution in [1.29, 1.82) is 0 Å². The Hall–Kier alpha value is -2.06. The molecule has 0 amide bonds. The first-order valence-electron chi connectivity index (χ1n) is 6.48. The van der Waals surface area contributed by atoms with Crippen LogP contribution >= 0.6 is 11.6 Å². The summed E-state index contributed by atoms with van der Waals surface area (Å²) in [6.45, 7) is 4.68. The molecule has 1 aliphatic heterocycles. The van der Waals surface area contributed by atoms with Gasteiger partial charge in [0.25, 0.3) is 0 Å². The molecule has 2 aromatic rings. The minimum Gasteiger partial charge on any atom is -0.346 e. The van der Waals surface area contributed by atoms with Crippen LogP contribution in [-0.2, 0) is 0 Å². The number of hydrogen-bond donors (Lipinski definition) is 0. The number of benzene rings is 2. The molecule has 0 N–H and O–H groups in total. The largest absolute Gasteiger partial charge is 0.346 e. The van der Waals surface area contributed by atoms with Gasteiger partial charge in [0.2, 0.25) is 0 Å². The lowest BCUT2D eigenvalue weighted by Crippen LogP contribution is -2.17. The lowest BCUT2D eigenvalue weighted by molar-refractivity contribution is 1.03. The van der Waals surface area contributed by atoms with Gasteiger partial charge in [0, 0.05) is 28.9 Å². The maximum atomic E-state index is 6.17. The molecule has 0 aromatic heterocycles. The number of hydrogen-bond acceptors (Lipinski definition) is 2. The fourth-order valence-corrected chi connectivity index (χ4v) is 2.54. The Balaban J connectivity index is 2.23. The molecule has 0 saturated carbocycles. The highest BCUT2D eigenvalue weighted by molar-refractivity contribution is 6.31. The van der Waals surface area contributed by atoms with Crippen molar-refractivity contribution in [1.82, 2.24) is 0 Å². The minimum atomic E-state index is 0.590. The molecule has 2 nitrogen and oxygen atoms in total. The zero-order chi connectivity index (χ0) is 14.1. The monoisotopic (exact) mass is 282 g/mol. The lowest BCUT2D eigenvalue weighted by atomic mass is 10.0. The molecule has 3 heteroatoms. The third kappa shape index (κ3) is 2.23. The van der Waals surface area contributed by atoms with Crippen molar-refractivity contribution < 1.29 is 0 Å². The second-order valence-electron chi connectivity index (χ2n) is 4.82. The van der Waals surface area contributed by atoms with Crippen LogP contribution in [0.15, 0.2) is 65.8 Å². The summed E-state index contributed by atoms with van der Waals surface area (Å²) in [7, 11) is 2.01. The van der Waals surface area contributed by atoms with Crippen molar-refractivity contribution in [3.05, 3.63) is 77.0 Å². The van der Waals surface area contributed by atoms with Crippen molar-refractivity contribution in [2.75, 3.05) is 18.5 Å². The Morgan fingerprint density at radius 2 is 1.90 bits per heavy atom. The van der Waals surface area contributed by atoms with E-state index in [9.17, 15) is 0 Å². The lowest BCUT2D eigenvalue weighted by Gasteiger charge is -2.21. The Bertz CT molecular complexity index is 689. The van der Waals surface area contributed by atoms with Crippen molar-refractivity contribution in [3.63, 3.8) is 0 Å². The predicted octanol–water partition coefficient (Wildman–Crippen LogP) is 4.14. The number of anilines is 1. The average Bonchev–Trinajstić information content (AvgIpc) is 2.58. The molecular weight excluding hydrogens is 268 g/mol. The van der Waals surface area contributed by atoms with Crippen LogP contribution in [0.4, 0.5) is 5.69 Å². The molecule has 1 aliphatic rings. The van der Waals surface area contributed by atoms with Crippen LogP contribution in [0.1, 0.15) is 11.1 Å². The van der Waals surface area contributed by atoms with Gasteiger partial charge in [0.15, 0.2) is 0 Å². The van der Waals surface area contributed by atoms with E-state index < -0.39 is 0 Å². The van der Waals surface area contributed by atoms with E-state index in [2.05, 4.69) is 23.6 Å². The maximum absolute atomic E-state index is 6.17. The molecule has 0 bridgehead atoms. The number of fused-ring (bicyclic) bond motifs is 1. The van der Waals surface area contributed by atoms with Crippen molar-refractivity contribution >= 4 is 23.0 Å². The standard InChI is InChI=1S/C17H15ClN2/c1-12-11-19-17(13-6-4-3-5-7-13)15-10-14(18)8-9-16(15)20(12)2/h3-10H,1,11H2,2H3. The zero-order valence-corrected chi connectivity index (χ0v) is 12.1. The highest BCUT2D eigenvalue weighted by atomic mass is 35.5. The van der Waals surface area contributed by atoms with Crippen molar-refractivity contribution in [3.8, 4) is 0 Å². The predicted molar refractivity (Wildman–Crippen MR) is 85.9 cm³/mol. The topological polar surface area (TPSA) is 15.6 Å². The van der Waals surface area contributed by atoms with E-state index in [0.717, 1.165) is 28.2 Å². The zero-order valence-electron chi connectivity index (χ0n) is 11.3. The molecule has 0 radical (unpaired) electrons. The number of likely N-dealkylation sites (N-methyl/N-ethyl adjacent to an activating group) is 1. The first-order chi connectivity index (χ1) is 9.66. The Morgan fingerprint density at radius 3 is 2.65 bits per heavy atom. The number of halogens is 1. The summed E-state index contributed by atoms with van der Waals surface area (Å²) in [6.07, 6.45) is 0. The number of nitrogens with zero attached hydrogens (tertiary/aromatic N) is 2. The average molecular weight is 283 g/mol. The Kier molecular flexibility index (Phi) is 3.33. The molecule has 20 heavy (non-hydrogen) atoms. The van der Waals surface area contributed by atoms with Crippen molar-refractivity contribution in [2.45, 2.75) is 0 Å². The molecule has 0 fully saturated rings. The summed E-state index contributed by atoms with van der Waals surface area (Å²) in [4.78, 5) is 6.80. The van der Waals surface area contributed by atoms with Crippen LogP contribution in [0.25, 0.3) is 0 Å². The van der Waals surface area contributed by atoms with Gasteiger partial charge in [-0.05, 0) is 18.2 Å². The Labute approximate surface area is 124 Å². The summed E-state index contributed by atoms with van der Waals surface area (Å²) in [5.41, 5.74) is 5.16. The molecule has 3 rings (SSSR count). The van der Waals surface area contributed by atoms with E-state index in [1.165, 1.54) is 0 Å². The molecule has 0 spiro atoms. The third-order valence-corrected chi connectivity index (χ3v) is 3.75. The minimum absolute atomic E-state index is 0.590. The van der Waals surface area contributed by atoms with Crippen LogP contribution in [0.5, 0.6) is 0 Å². The van der Waals surface area contributed by atoms with Gasteiger partial charge >= 0.3 is 0 Å². The van der Waals surface area contributed by atoms with Gasteiger partial charge in [0.05, 0.1) is 17.9 Å². The van der Waals surface area contributed by atoms with E-state index in [1.54, 1.807) is 0 Å². The highest BCUT2D eigenvalue weighted by Gasteiger charge is 2.19. The van der Waals surface area contributed by atoms with Gasteiger partial charge < -0.3 is 4.90 Å².